The Bertz CT molecular complexity index is 820. The zero-order valence-corrected chi connectivity index (χ0v) is 11.2. The van der Waals surface area contributed by atoms with Crippen molar-refractivity contribution in [1.29, 1.82) is 0 Å². The summed E-state index contributed by atoms with van der Waals surface area (Å²) in [7, 11) is 0. The Morgan fingerprint density at radius 1 is 1.26 bits per heavy atom. The van der Waals surface area contributed by atoms with Crippen LogP contribution in [-0.2, 0) is 0 Å². The minimum atomic E-state index is -0.432. The maximum absolute atomic E-state index is 11.6. The van der Waals surface area contributed by atoms with Crippen LogP contribution in [0.4, 0.5) is 5.69 Å². The molecule has 3 rings (SSSR count). The van der Waals surface area contributed by atoms with Gasteiger partial charge in [-0.15, -0.1) is 0 Å². The molecule has 0 radical (unpaired) electrons. The molecule has 0 bridgehead atoms. The van der Waals surface area contributed by atoms with Gasteiger partial charge in [0, 0.05) is 0 Å². The minimum absolute atomic E-state index is 0.0586. The van der Waals surface area contributed by atoms with Gasteiger partial charge in [-0.1, -0.05) is 0 Å². The molecule has 0 aliphatic rings. The number of nitro groups is 1. The predicted molar refractivity (Wildman–Crippen MR) is 71.4 cm³/mol. The van der Waals surface area contributed by atoms with Crippen LogP contribution in [0.15, 0.2) is 41.5 Å². The van der Waals surface area contributed by atoms with Crippen molar-refractivity contribution in [2.75, 3.05) is 0 Å². The topological polar surface area (TPSA) is 88.9 Å². The summed E-state index contributed by atoms with van der Waals surface area (Å²) in [6.45, 7) is 0. The first-order valence-electron chi connectivity index (χ1n) is 5.37. The molecule has 7 heteroatoms. The maximum atomic E-state index is 11.6. The molecule has 2 heterocycles. The van der Waals surface area contributed by atoms with Crippen molar-refractivity contribution in [2.24, 2.45) is 0 Å². The standard InChI is InChI=1S/C12H7N3O3Se/c16-12-11-9(13-6-14-12)5-10(19-11)7-1-3-8(4-2-7)15(17)18/h1-6H,(H,13,14,16). The summed E-state index contributed by atoms with van der Waals surface area (Å²) in [6, 6.07) is 8.20. The molecule has 0 aliphatic carbocycles. The SMILES string of the molecule is O=c1[nH]cnc2cc(-c3ccc([N+](=O)[O-])cc3)[se]c12. The second-order valence-electron chi connectivity index (χ2n) is 3.86. The van der Waals surface area contributed by atoms with E-state index in [-0.39, 0.29) is 25.8 Å². The number of nitro benzene ring substituents is 1. The van der Waals surface area contributed by atoms with Crippen molar-refractivity contribution in [2.45, 2.75) is 0 Å². The number of non-ortho nitro benzene ring substituents is 1. The number of nitrogens with zero attached hydrogens (tertiary/aromatic N) is 2. The molecule has 3 aromatic rings. The van der Waals surface area contributed by atoms with Gasteiger partial charge < -0.3 is 0 Å². The van der Waals surface area contributed by atoms with Crippen LogP contribution >= 0.6 is 0 Å². The van der Waals surface area contributed by atoms with Gasteiger partial charge in [0.05, 0.1) is 0 Å². The van der Waals surface area contributed by atoms with Crippen LogP contribution < -0.4 is 5.56 Å². The Balaban J connectivity index is 2.11. The number of hydrogen-bond donors (Lipinski definition) is 1. The van der Waals surface area contributed by atoms with Crippen molar-refractivity contribution in [3.8, 4) is 10.0 Å². The van der Waals surface area contributed by atoms with Crippen molar-refractivity contribution in [3.05, 3.63) is 57.1 Å². The third-order valence-corrected chi connectivity index (χ3v) is 5.14. The molecule has 0 amide bonds. The van der Waals surface area contributed by atoms with Crippen LogP contribution in [0.3, 0.4) is 0 Å². The molecule has 2 aromatic heterocycles. The summed E-state index contributed by atoms with van der Waals surface area (Å²) < 4.78 is 1.70. The molecule has 6 nitrogen and oxygen atoms in total. The number of nitrogens with one attached hydrogen (secondary N) is 1. The Labute approximate surface area is 112 Å². The van der Waals surface area contributed by atoms with E-state index in [1.54, 1.807) is 12.1 Å². The number of hydrogen-bond acceptors (Lipinski definition) is 4. The normalized spacial score (nSPS) is 10.7. The van der Waals surface area contributed by atoms with Crippen LogP contribution in [0, 0.1) is 10.1 Å². The number of aromatic nitrogens is 2. The molecule has 1 aromatic carbocycles. The molecule has 0 saturated carbocycles. The van der Waals surface area contributed by atoms with Crippen molar-refractivity contribution in [3.63, 3.8) is 0 Å². The van der Waals surface area contributed by atoms with E-state index in [0.29, 0.717) is 9.78 Å². The summed E-state index contributed by atoms with van der Waals surface area (Å²) in [6.07, 6.45) is 1.38. The number of rotatable bonds is 2. The Morgan fingerprint density at radius 2 is 2.00 bits per heavy atom. The van der Waals surface area contributed by atoms with Crippen molar-refractivity contribution < 1.29 is 4.92 Å². The van der Waals surface area contributed by atoms with Gasteiger partial charge in [-0.3, -0.25) is 0 Å². The molecule has 94 valence electrons. The Kier molecular flexibility index (Phi) is 2.77. The van der Waals surface area contributed by atoms with E-state index >= 15 is 0 Å². The fraction of sp³-hybridized carbons (Fsp3) is 0. The molecule has 1 N–H and O–H groups in total. The summed E-state index contributed by atoms with van der Waals surface area (Å²) >= 11 is -0.118. The van der Waals surface area contributed by atoms with E-state index in [4.69, 9.17) is 0 Å². The van der Waals surface area contributed by atoms with Crippen LogP contribution in [0.25, 0.3) is 19.8 Å². The molecule has 0 spiro atoms. The van der Waals surface area contributed by atoms with Gasteiger partial charge in [0.1, 0.15) is 0 Å². The third kappa shape index (κ3) is 2.09. The number of benzene rings is 1. The summed E-state index contributed by atoms with van der Waals surface area (Å²) in [5.41, 5.74) is 1.53. The molecule has 0 saturated heterocycles. The van der Waals surface area contributed by atoms with Gasteiger partial charge >= 0.3 is 112 Å². The molecular weight excluding hydrogens is 313 g/mol. The molecular formula is C12H7N3O3Se. The molecule has 0 fully saturated rings. The van der Waals surface area contributed by atoms with Gasteiger partial charge in [0.25, 0.3) is 0 Å². The van der Waals surface area contributed by atoms with E-state index < -0.39 is 4.92 Å². The van der Waals surface area contributed by atoms with E-state index in [0.717, 1.165) is 10.0 Å². The molecule has 0 unspecified atom stereocenters. The molecule has 19 heavy (non-hydrogen) atoms. The Hall–Kier alpha value is -2.24. The van der Waals surface area contributed by atoms with Crippen LogP contribution in [0.2, 0.25) is 0 Å². The third-order valence-electron chi connectivity index (χ3n) is 2.68. The summed E-state index contributed by atoms with van der Waals surface area (Å²) in [5, 5.41) is 10.6. The first-order valence-corrected chi connectivity index (χ1v) is 7.08. The average molecular weight is 320 g/mol. The number of aromatic amines is 1. The fourth-order valence-corrected chi connectivity index (χ4v) is 3.88. The average Bonchev–Trinajstić information content (AvgIpc) is 2.84. The molecule has 0 atom stereocenters. The van der Waals surface area contributed by atoms with Crippen molar-refractivity contribution >= 4 is 30.0 Å². The first kappa shape index (κ1) is 11.8. The van der Waals surface area contributed by atoms with Crippen LogP contribution in [0.1, 0.15) is 0 Å². The summed E-state index contributed by atoms with van der Waals surface area (Å²) in [5.74, 6) is 0. The van der Waals surface area contributed by atoms with Gasteiger partial charge in [0.15, 0.2) is 0 Å². The van der Waals surface area contributed by atoms with Crippen LogP contribution in [0.5, 0.6) is 0 Å². The molecule has 0 aliphatic heterocycles. The zero-order chi connectivity index (χ0) is 13.4. The second-order valence-corrected chi connectivity index (χ2v) is 6.07. The van der Waals surface area contributed by atoms with E-state index in [9.17, 15) is 14.9 Å². The number of H-pyrrole nitrogens is 1. The van der Waals surface area contributed by atoms with Crippen molar-refractivity contribution in [1.82, 2.24) is 9.97 Å². The van der Waals surface area contributed by atoms with Crippen LogP contribution in [-0.4, -0.2) is 29.4 Å². The monoisotopic (exact) mass is 321 g/mol. The number of fused-ring (bicyclic) bond motifs is 1. The van der Waals surface area contributed by atoms with Gasteiger partial charge in [0.2, 0.25) is 0 Å². The van der Waals surface area contributed by atoms with Gasteiger partial charge in [-0.2, -0.15) is 0 Å². The predicted octanol–water partition coefficient (Wildman–Crippen LogP) is 1.56. The zero-order valence-electron chi connectivity index (χ0n) is 9.49. The van der Waals surface area contributed by atoms with Gasteiger partial charge in [-0.25, -0.2) is 0 Å². The van der Waals surface area contributed by atoms with E-state index in [1.807, 2.05) is 6.07 Å². The second kappa shape index (κ2) is 4.46. The fourth-order valence-electron chi connectivity index (χ4n) is 1.76. The first-order chi connectivity index (χ1) is 9.15. The van der Waals surface area contributed by atoms with Gasteiger partial charge in [-0.05, 0) is 0 Å². The van der Waals surface area contributed by atoms with E-state index in [2.05, 4.69) is 9.97 Å². The Morgan fingerprint density at radius 3 is 2.63 bits per heavy atom. The van der Waals surface area contributed by atoms with E-state index in [1.165, 1.54) is 18.5 Å². The summed E-state index contributed by atoms with van der Waals surface area (Å²) in [4.78, 5) is 28.5. The quantitative estimate of drug-likeness (QED) is 0.441.